The van der Waals surface area contributed by atoms with E-state index in [2.05, 4.69) is 28.4 Å². The molecule has 0 saturated heterocycles. The van der Waals surface area contributed by atoms with Crippen LogP contribution in [0.5, 0.6) is 0 Å². The van der Waals surface area contributed by atoms with Crippen molar-refractivity contribution in [2.24, 2.45) is 5.73 Å². The topological polar surface area (TPSA) is 79.2 Å². The molecule has 0 aliphatic rings. The summed E-state index contributed by atoms with van der Waals surface area (Å²) in [6.07, 6.45) is 0. The highest BCUT2D eigenvalue weighted by atomic mass is 32.1. The van der Waals surface area contributed by atoms with Gasteiger partial charge in [0.25, 0.3) is 5.91 Å². The second-order valence-corrected chi connectivity index (χ2v) is 5.61. The number of carbonyl (C=O) groups excluding carboxylic acids is 1. The second-order valence-electron chi connectivity index (χ2n) is 5.17. The van der Waals surface area contributed by atoms with Crippen molar-refractivity contribution in [1.82, 2.24) is 10.9 Å². The maximum atomic E-state index is 14.2. The Balaban J connectivity index is 0.00000163. The standard InChI is InChI=1S/C16H16F2N4OS.C2H6/c1-8-3-6-12(9(2)7-8)20-14-10(4-5-11(17)13(14)18)15(23)21-22-16(19)24;1-2/h3-7,20H,1-2H3,(H,21,23)(H3,19,22,24);1-2H3. The van der Waals surface area contributed by atoms with Crippen LogP contribution in [0.3, 0.4) is 0 Å². The third-order valence-electron chi connectivity index (χ3n) is 3.28. The number of benzene rings is 2. The van der Waals surface area contributed by atoms with Crippen LogP contribution in [0.1, 0.15) is 35.3 Å². The molecule has 8 heteroatoms. The van der Waals surface area contributed by atoms with Crippen LogP contribution < -0.4 is 21.9 Å². The number of hydrogen-bond acceptors (Lipinski definition) is 3. The normalized spacial score (nSPS) is 9.62. The van der Waals surface area contributed by atoms with E-state index < -0.39 is 17.5 Å². The molecule has 0 fully saturated rings. The summed E-state index contributed by atoms with van der Waals surface area (Å²) in [6, 6.07) is 7.47. The Morgan fingerprint density at radius 1 is 1.08 bits per heavy atom. The molecule has 26 heavy (non-hydrogen) atoms. The van der Waals surface area contributed by atoms with Crippen molar-refractivity contribution in [1.29, 1.82) is 0 Å². The molecule has 2 aromatic carbocycles. The zero-order chi connectivity index (χ0) is 19.9. The molecule has 140 valence electrons. The first kappa shape index (κ1) is 21.3. The maximum absolute atomic E-state index is 14.2. The summed E-state index contributed by atoms with van der Waals surface area (Å²) >= 11 is 4.58. The fourth-order valence-electron chi connectivity index (χ4n) is 2.14. The van der Waals surface area contributed by atoms with Crippen LogP contribution in [0.25, 0.3) is 0 Å². The summed E-state index contributed by atoms with van der Waals surface area (Å²) in [5, 5.41) is 2.62. The zero-order valence-electron chi connectivity index (χ0n) is 15.0. The van der Waals surface area contributed by atoms with Crippen molar-refractivity contribution in [3.05, 3.63) is 58.7 Å². The van der Waals surface area contributed by atoms with Crippen molar-refractivity contribution in [3.8, 4) is 0 Å². The number of rotatable bonds is 3. The van der Waals surface area contributed by atoms with Crippen LogP contribution in [0, 0.1) is 25.5 Å². The Kier molecular flexibility index (Phi) is 7.92. The van der Waals surface area contributed by atoms with E-state index in [1.807, 2.05) is 39.8 Å². The summed E-state index contributed by atoms with van der Waals surface area (Å²) in [5.74, 6) is -2.94. The molecule has 0 aliphatic heterocycles. The SMILES string of the molecule is CC.Cc1ccc(Nc2c(C(=O)NNC(N)=S)ccc(F)c2F)c(C)c1. The van der Waals surface area contributed by atoms with Crippen LogP contribution in [0.15, 0.2) is 30.3 Å². The molecule has 0 bridgehead atoms. The highest BCUT2D eigenvalue weighted by Gasteiger charge is 2.19. The van der Waals surface area contributed by atoms with Gasteiger partial charge in [-0.25, -0.2) is 8.78 Å². The van der Waals surface area contributed by atoms with E-state index in [-0.39, 0.29) is 16.4 Å². The molecule has 0 atom stereocenters. The maximum Gasteiger partial charge on any atom is 0.271 e. The average molecular weight is 380 g/mol. The highest BCUT2D eigenvalue weighted by Crippen LogP contribution is 2.28. The van der Waals surface area contributed by atoms with Gasteiger partial charge in [-0.05, 0) is 49.8 Å². The molecule has 2 aromatic rings. The third kappa shape index (κ3) is 5.38. The molecule has 2 rings (SSSR count). The zero-order valence-corrected chi connectivity index (χ0v) is 15.9. The average Bonchev–Trinajstić information content (AvgIpc) is 2.60. The van der Waals surface area contributed by atoms with Gasteiger partial charge in [-0.15, -0.1) is 0 Å². The summed E-state index contributed by atoms with van der Waals surface area (Å²) in [7, 11) is 0. The number of aryl methyl sites for hydroxylation is 2. The summed E-state index contributed by atoms with van der Waals surface area (Å²) in [5.41, 5.74) is 11.7. The number of nitrogens with one attached hydrogen (secondary N) is 3. The van der Waals surface area contributed by atoms with Crippen molar-refractivity contribution < 1.29 is 13.6 Å². The molecule has 5 N–H and O–H groups in total. The lowest BCUT2D eigenvalue weighted by Crippen LogP contribution is -2.44. The van der Waals surface area contributed by atoms with Gasteiger partial charge in [0, 0.05) is 5.69 Å². The Bertz CT molecular complexity index is 812. The predicted molar refractivity (Wildman–Crippen MR) is 104 cm³/mol. The molecule has 0 heterocycles. The lowest BCUT2D eigenvalue weighted by molar-refractivity contribution is 0.0944. The molecule has 0 spiro atoms. The minimum absolute atomic E-state index is 0.0994. The first-order valence-electron chi connectivity index (χ1n) is 7.97. The number of hydrazine groups is 1. The van der Waals surface area contributed by atoms with Crippen LogP contribution in [-0.4, -0.2) is 11.0 Å². The van der Waals surface area contributed by atoms with Gasteiger partial charge in [0.05, 0.1) is 11.3 Å². The number of thiocarbonyl (C=S) groups is 1. The molecule has 0 radical (unpaired) electrons. The molecular formula is C18H22F2N4OS. The third-order valence-corrected chi connectivity index (χ3v) is 3.38. The van der Waals surface area contributed by atoms with Crippen LogP contribution in [0.2, 0.25) is 0 Å². The molecule has 0 aromatic heterocycles. The van der Waals surface area contributed by atoms with Crippen molar-refractivity contribution in [2.75, 3.05) is 5.32 Å². The number of carbonyl (C=O) groups is 1. The number of nitrogens with two attached hydrogens (primary N) is 1. The van der Waals surface area contributed by atoms with Crippen molar-refractivity contribution >= 4 is 34.6 Å². The van der Waals surface area contributed by atoms with E-state index >= 15 is 0 Å². The van der Waals surface area contributed by atoms with Gasteiger partial charge < -0.3 is 11.1 Å². The second kappa shape index (κ2) is 9.67. The highest BCUT2D eigenvalue weighted by molar-refractivity contribution is 7.80. The monoisotopic (exact) mass is 380 g/mol. The summed E-state index contributed by atoms with van der Waals surface area (Å²) in [6.45, 7) is 7.74. The Hall–Kier alpha value is -2.74. The van der Waals surface area contributed by atoms with E-state index in [0.717, 1.165) is 17.2 Å². The first-order chi connectivity index (χ1) is 12.3. The Labute approximate surface area is 156 Å². The van der Waals surface area contributed by atoms with Crippen LogP contribution in [-0.2, 0) is 0 Å². The molecule has 0 aliphatic carbocycles. The van der Waals surface area contributed by atoms with E-state index in [1.54, 1.807) is 6.07 Å². The molecular weight excluding hydrogens is 358 g/mol. The number of anilines is 2. The summed E-state index contributed by atoms with van der Waals surface area (Å²) < 4.78 is 27.8. The number of halogens is 2. The molecule has 5 nitrogen and oxygen atoms in total. The smallest absolute Gasteiger partial charge is 0.271 e. The lowest BCUT2D eigenvalue weighted by Gasteiger charge is -2.16. The minimum Gasteiger partial charge on any atom is -0.375 e. The minimum atomic E-state index is -1.15. The van der Waals surface area contributed by atoms with Gasteiger partial charge in [0.15, 0.2) is 16.7 Å². The van der Waals surface area contributed by atoms with Crippen LogP contribution >= 0.6 is 12.2 Å². The number of hydrogen-bond donors (Lipinski definition) is 4. The van der Waals surface area contributed by atoms with E-state index in [4.69, 9.17) is 5.73 Å². The van der Waals surface area contributed by atoms with Gasteiger partial charge in [-0.3, -0.25) is 15.6 Å². The molecule has 0 saturated carbocycles. The van der Waals surface area contributed by atoms with Gasteiger partial charge in [0.2, 0.25) is 0 Å². The van der Waals surface area contributed by atoms with Crippen molar-refractivity contribution in [3.63, 3.8) is 0 Å². The van der Waals surface area contributed by atoms with Gasteiger partial charge in [0.1, 0.15) is 0 Å². The fraction of sp³-hybridized carbons (Fsp3) is 0.222. The lowest BCUT2D eigenvalue weighted by atomic mass is 10.1. The quantitative estimate of drug-likeness (QED) is 0.481. The van der Waals surface area contributed by atoms with Crippen LogP contribution in [0.4, 0.5) is 20.2 Å². The van der Waals surface area contributed by atoms with Gasteiger partial charge in [-0.2, -0.15) is 0 Å². The molecule has 1 amide bonds. The number of amides is 1. The summed E-state index contributed by atoms with van der Waals surface area (Å²) in [4.78, 5) is 12.1. The fourth-order valence-corrected chi connectivity index (χ4v) is 2.19. The predicted octanol–water partition coefficient (Wildman–Crippen LogP) is 3.83. The van der Waals surface area contributed by atoms with Gasteiger partial charge in [-0.1, -0.05) is 31.5 Å². The van der Waals surface area contributed by atoms with Crippen molar-refractivity contribution in [2.45, 2.75) is 27.7 Å². The Morgan fingerprint density at radius 2 is 1.73 bits per heavy atom. The van der Waals surface area contributed by atoms with Gasteiger partial charge >= 0.3 is 0 Å². The first-order valence-corrected chi connectivity index (χ1v) is 8.38. The van der Waals surface area contributed by atoms with E-state index in [0.29, 0.717) is 5.69 Å². The Morgan fingerprint density at radius 3 is 2.31 bits per heavy atom. The van der Waals surface area contributed by atoms with E-state index in [9.17, 15) is 13.6 Å². The van der Waals surface area contributed by atoms with E-state index in [1.165, 1.54) is 6.07 Å². The molecule has 0 unspecified atom stereocenters. The largest absolute Gasteiger partial charge is 0.375 e.